The number of carbonyl (C=O) groups excluding carboxylic acids is 1. The molecular formula is C28H46N4O4S. The van der Waals surface area contributed by atoms with Crippen molar-refractivity contribution >= 4 is 15.9 Å². The average molecular weight is 535 g/mol. The summed E-state index contributed by atoms with van der Waals surface area (Å²) in [5.41, 5.74) is 1.84. The van der Waals surface area contributed by atoms with Crippen molar-refractivity contribution in [3.05, 3.63) is 23.3 Å². The first-order valence-corrected chi connectivity index (χ1v) is 15.3. The van der Waals surface area contributed by atoms with E-state index in [1.54, 1.807) is 40.1 Å². The second kappa shape index (κ2) is 11.6. The van der Waals surface area contributed by atoms with Crippen molar-refractivity contribution in [2.45, 2.75) is 82.2 Å². The van der Waals surface area contributed by atoms with Gasteiger partial charge in [-0.2, -0.15) is 0 Å². The minimum absolute atomic E-state index is 0.0704. The number of rotatable bonds is 8. The molecule has 1 spiro atoms. The second-order valence-corrected chi connectivity index (χ2v) is 13.7. The first-order valence-electron chi connectivity index (χ1n) is 13.9. The van der Waals surface area contributed by atoms with Crippen LogP contribution in [0.15, 0.2) is 17.0 Å². The minimum Gasteiger partial charge on any atom is -0.497 e. The van der Waals surface area contributed by atoms with Gasteiger partial charge in [0.25, 0.3) is 0 Å². The number of aryl methyl sites for hydroxylation is 2. The monoisotopic (exact) mass is 534 g/mol. The molecule has 1 aromatic rings. The smallest absolute Gasteiger partial charge is 0.243 e. The van der Waals surface area contributed by atoms with E-state index < -0.39 is 10.0 Å². The van der Waals surface area contributed by atoms with Gasteiger partial charge in [-0.15, -0.1) is 0 Å². The molecule has 2 saturated heterocycles. The predicted molar refractivity (Wildman–Crippen MR) is 146 cm³/mol. The number of ether oxygens (including phenoxy) is 1. The minimum atomic E-state index is -3.70. The van der Waals surface area contributed by atoms with Gasteiger partial charge in [0.05, 0.1) is 12.0 Å². The molecular weight excluding hydrogens is 488 g/mol. The van der Waals surface area contributed by atoms with Gasteiger partial charge in [0.1, 0.15) is 5.75 Å². The van der Waals surface area contributed by atoms with Crippen molar-refractivity contribution in [1.82, 2.24) is 19.4 Å². The van der Waals surface area contributed by atoms with Crippen LogP contribution in [-0.2, 0) is 14.8 Å². The van der Waals surface area contributed by atoms with Crippen molar-refractivity contribution in [1.29, 1.82) is 0 Å². The molecule has 1 saturated carbocycles. The maximum absolute atomic E-state index is 13.2. The van der Waals surface area contributed by atoms with Crippen LogP contribution in [0, 0.1) is 19.3 Å². The maximum atomic E-state index is 13.2. The molecule has 0 atom stereocenters. The van der Waals surface area contributed by atoms with Crippen molar-refractivity contribution in [2.24, 2.45) is 5.41 Å². The molecule has 3 fully saturated rings. The van der Waals surface area contributed by atoms with E-state index in [1.165, 1.54) is 49.7 Å². The van der Waals surface area contributed by atoms with Crippen LogP contribution in [0.5, 0.6) is 5.75 Å². The lowest BCUT2D eigenvalue weighted by molar-refractivity contribution is -0.122. The molecule has 0 radical (unpaired) electrons. The quantitative estimate of drug-likeness (QED) is 0.552. The highest BCUT2D eigenvalue weighted by atomic mass is 32.2. The fourth-order valence-corrected chi connectivity index (χ4v) is 8.36. The van der Waals surface area contributed by atoms with E-state index in [-0.39, 0.29) is 29.8 Å². The van der Waals surface area contributed by atoms with E-state index in [4.69, 9.17) is 4.74 Å². The Bertz CT molecular complexity index is 1040. The number of likely N-dealkylation sites (tertiary alicyclic amines) is 2. The van der Waals surface area contributed by atoms with Crippen LogP contribution >= 0.6 is 0 Å². The molecule has 9 heteroatoms. The molecule has 1 aromatic carbocycles. The van der Waals surface area contributed by atoms with E-state index in [2.05, 4.69) is 22.2 Å². The molecule has 1 aliphatic carbocycles. The molecule has 2 heterocycles. The summed E-state index contributed by atoms with van der Waals surface area (Å²) in [6, 6.07) is 4.28. The van der Waals surface area contributed by atoms with Crippen LogP contribution < -0.4 is 10.1 Å². The number of nitrogens with zero attached hydrogens (tertiary/aromatic N) is 3. The van der Waals surface area contributed by atoms with Crippen LogP contribution in [0.1, 0.15) is 62.5 Å². The zero-order valence-corrected chi connectivity index (χ0v) is 24.2. The number of piperidine rings is 1. The molecule has 0 bridgehead atoms. The summed E-state index contributed by atoms with van der Waals surface area (Å²) in [5.74, 6) is 0.565. The van der Waals surface area contributed by atoms with E-state index in [9.17, 15) is 13.2 Å². The van der Waals surface area contributed by atoms with Gasteiger partial charge in [0.2, 0.25) is 15.9 Å². The van der Waals surface area contributed by atoms with Crippen LogP contribution in [-0.4, -0.2) is 94.4 Å². The topological polar surface area (TPSA) is 82.2 Å². The molecule has 1 N–H and O–H groups in total. The molecule has 37 heavy (non-hydrogen) atoms. The Morgan fingerprint density at radius 1 is 1.08 bits per heavy atom. The van der Waals surface area contributed by atoms with Gasteiger partial charge >= 0.3 is 0 Å². The lowest BCUT2D eigenvalue weighted by Crippen LogP contribution is -2.49. The van der Waals surface area contributed by atoms with Gasteiger partial charge in [-0.3, -0.25) is 4.79 Å². The van der Waals surface area contributed by atoms with Crippen LogP contribution in [0.2, 0.25) is 0 Å². The van der Waals surface area contributed by atoms with Crippen LogP contribution in [0.25, 0.3) is 0 Å². The van der Waals surface area contributed by atoms with E-state index in [0.29, 0.717) is 28.3 Å². The van der Waals surface area contributed by atoms with Gasteiger partial charge in [-0.1, -0.05) is 0 Å². The number of benzene rings is 1. The summed E-state index contributed by atoms with van der Waals surface area (Å²) in [6.07, 6.45) is 8.40. The molecule has 3 aliphatic rings. The number of methoxy groups -OCH3 is 1. The van der Waals surface area contributed by atoms with Crippen LogP contribution in [0.3, 0.4) is 0 Å². The maximum Gasteiger partial charge on any atom is 0.243 e. The van der Waals surface area contributed by atoms with Crippen molar-refractivity contribution in [3.8, 4) is 5.75 Å². The number of amides is 1. The third kappa shape index (κ3) is 6.49. The van der Waals surface area contributed by atoms with E-state index in [1.807, 2.05) is 0 Å². The molecule has 208 valence electrons. The normalized spacial score (nSPS) is 25.0. The molecule has 0 aromatic heterocycles. The average Bonchev–Trinajstić information content (AvgIpc) is 3.22. The summed E-state index contributed by atoms with van der Waals surface area (Å²) in [4.78, 5) is 18.2. The van der Waals surface area contributed by atoms with Gasteiger partial charge in [0, 0.05) is 38.6 Å². The standard InChI is InChI=1S/C28H46N4O4S/c1-21-18-25(36-5)19-22(2)27(21)37(34,35)31(4)14-10-26(33)29-23-6-8-24(9-7-23)32-16-12-28(13-17-32)11-15-30(3)20-28/h18-19,23-24H,6-17,20H2,1-5H3,(H,29,33)/t23-,24+. The van der Waals surface area contributed by atoms with E-state index >= 15 is 0 Å². The Morgan fingerprint density at radius 3 is 2.22 bits per heavy atom. The fraction of sp³-hybridized carbons (Fsp3) is 0.750. The van der Waals surface area contributed by atoms with Gasteiger partial charge in [-0.05, 0) is 114 Å². The zero-order chi connectivity index (χ0) is 26.8. The SMILES string of the molecule is COc1cc(C)c(S(=O)(=O)N(C)CCC(=O)N[C@H]2CC[C@@H](N3CCC4(CCN(C)C4)CC3)CC2)c(C)c1. The lowest BCUT2D eigenvalue weighted by atomic mass is 9.76. The summed E-state index contributed by atoms with van der Waals surface area (Å²) >= 11 is 0. The molecule has 8 nitrogen and oxygen atoms in total. The Balaban J connectivity index is 1.21. The third-order valence-electron chi connectivity index (χ3n) is 9.06. The van der Waals surface area contributed by atoms with Gasteiger partial charge in [-0.25, -0.2) is 12.7 Å². The summed E-state index contributed by atoms with van der Waals surface area (Å²) in [7, 11) is 1.66. The zero-order valence-electron chi connectivity index (χ0n) is 23.4. The Kier molecular flexibility index (Phi) is 8.88. The largest absolute Gasteiger partial charge is 0.497 e. The Morgan fingerprint density at radius 2 is 1.68 bits per heavy atom. The number of nitrogens with one attached hydrogen (secondary N) is 1. The summed E-state index contributed by atoms with van der Waals surface area (Å²) in [6.45, 7) is 8.62. The van der Waals surface area contributed by atoms with E-state index in [0.717, 1.165) is 25.7 Å². The number of sulfonamides is 1. The lowest BCUT2D eigenvalue weighted by Gasteiger charge is -2.44. The van der Waals surface area contributed by atoms with Crippen molar-refractivity contribution in [3.63, 3.8) is 0 Å². The molecule has 1 amide bonds. The predicted octanol–water partition coefficient (Wildman–Crippen LogP) is 3.17. The van der Waals surface area contributed by atoms with Crippen molar-refractivity contribution in [2.75, 3.05) is 53.9 Å². The van der Waals surface area contributed by atoms with Crippen LogP contribution in [0.4, 0.5) is 0 Å². The fourth-order valence-electron chi connectivity index (χ4n) is 6.79. The highest BCUT2D eigenvalue weighted by Gasteiger charge is 2.41. The molecule has 2 aliphatic heterocycles. The van der Waals surface area contributed by atoms with Gasteiger partial charge in [0.15, 0.2) is 0 Å². The Hall–Kier alpha value is -1.68. The highest BCUT2D eigenvalue weighted by Crippen LogP contribution is 2.41. The van der Waals surface area contributed by atoms with Crippen molar-refractivity contribution < 1.29 is 17.9 Å². The number of hydrogen-bond donors (Lipinski definition) is 1. The molecule has 0 unspecified atom stereocenters. The number of carbonyl (C=O) groups is 1. The van der Waals surface area contributed by atoms with Gasteiger partial charge < -0.3 is 19.9 Å². The first kappa shape index (κ1) is 28.3. The highest BCUT2D eigenvalue weighted by molar-refractivity contribution is 7.89. The number of hydrogen-bond acceptors (Lipinski definition) is 6. The summed E-state index contributed by atoms with van der Waals surface area (Å²) < 4.78 is 33.0. The second-order valence-electron chi connectivity index (χ2n) is 11.8. The summed E-state index contributed by atoms with van der Waals surface area (Å²) in [5, 5.41) is 3.17. The molecule has 4 rings (SSSR count). The Labute approximate surface area is 223 Å². The first-order chi connectivity index (χ1) is 17.5. The third-order valence-corrected chi connectivity index (χ3v) is 11.2.